The molecule has 154 valence electrons. The van der Waals surface area contributed by atoms with Crippen LogP contribution in [0.5, 0.6) is 0 Å². The average Bonchev–Trinajstić information content (AvgIpc) is 3.24. The predicted molar refractivity (Wildman–Crippen MR) is 120 cm³/mol. The molecule has 1 aliphatic heterocycles. The lowest BCUT2D eigenvalue weighted by Gasteiger charge is -2.35. The monoisotopic (exact) mass is 422 g/mol. The number of hydrogen-bond acceptors (Lipinski definition) is 7. The molecule has 0 amide bonds. The van der Waals surface area contributed by atoms with Gasteiger partial charge in [-0.15, -0.1) is 0 Å². The van der Waals surface area contributed by atoms with Crippen molar-refractivity contribution in [1.29, 1.82) is 0 Å². The molecule has 4 N–H and O–H groups in total. The number of halogens is 1. The van der Waals surface area contributed by atoms with Gasteiger partial charge in [-0.2, -0.15) is 0 Å². The van der Waals surface area contributed by atoms with E-state index in [9.17, 15) is 0 Å². The summed E-state index contributed by atoms with van der Waals surface area (Å²) < 4.78 is 0. The maximum Gasteiger partial charge on any atom is 0.182 e. The highest BCUT2D eigenvalue weighted by molar-refractivity contribution is 6.36. The molecule has 5 rings (SSSR count). The Balaban J connectivity index is 1.60. The third-order valence-electron chi connectivity index (χ3n) is 5.74. The number of nitrogens with zero attached hydrogens (tertiary/aromatic N) is 5. The van der Waals surface area contributed by atoms with Gasteiger partial charge in [0.1, 0.15) is 11.8 Å². The van der Waals surface area contributed by atoms with Crippen LogP contribution in [0.4, 0.5) is 11.5 Å². The Bertz CT molecular complexity index is 1200. The molecule has 0 saturated carbocycles. The van der Waals surface area contributed by atoms with Gasteiger partial charge in [-0.1, -0.05) is 11.6 Å². The van der Waals surface area contributed by atoms with Gasteiger partial charge in [0.05, 0.1) is 28.6 Å². The van der Waals surface area contributed by atoms with E-state index in [1.165, 1.54) is 6.33 Å². The first-order valence-corrected chi connectivity index (χ1v) is 10.5. The van der Waals surface area contributed by atoms with E-state index in [1.807, 2.05) is 24.4 Å². The van der Waals surface area contributed by atoms with Crippen molar-refractivity contribution in [2.24, 2.45) is 5.73 Å². The van der Waals surface area contributed by atoms with Crippen LogP contribution in [0.25, 0.3) is 22.1 Å². The Hall–Kier alpha value is -2.97. The van der Waals surface area contributed by atoms with Crippen LogP contribution in [0.1, 0.15) is 31.4 Å². The van der Waals surface area contributed by atoms with Crippen molar-refractivity contribution >= 4 is 45.2 Å². The van der Waals surface area contributed by atoms with Crippen molar-refractivity contribution in [2.45, 2.75) is 31.8 Å². The number of hydrogen-bond donors (Lipinski definition) is 3. The molecular weight excluding hydrogens is 400 g/mol. The minimum Gasteiger partial charge on any atom is -0.369 e. The van der Waals surface area contributed by atoms with Crippen LogP contribution in [0.3, 0.4) is 0 Å². The standard InChI is InChI=1S/C21H23ClN8/c1-12(29-21-18-20(26-10-25-18)27-11-28-21)15-9-16(22)14-3-2-6-24-17(14)19(15)30-7-4-13(23)5-8-30/h2-3,6,9-13H,4-5,7-8,23H2,1H3,(H2,25,26,27,28,29). The zero-order valence-corrected chi connectivity index (χ0v) is 17.4. The van der Waals surface area contributed by atoms with Crippen molar-refractivity contribution in [3.63, 3.8) is 0 Å². The number of piperidine rings is 1. The van der Waals surface area contributed by atoms with E-state index in [4.69, 9.17) is 22.3 Å². The van der Waals surface area contributed by atoms with Crippen LogP contribution < -0.4 is 16.0 Å². The summed E-state index contributed by atoms with van der Waals surface area (Å²) in [5.74, 6) is 0.703. The third kappa shape index (κ3) is 3.32. The number of nitrogens with two attached hydrogens (primary N) is 1. The first-order valence-electron chi connectivity index (χ1n) is 10.1. The lowest BCUT2D eigenvalue weighted by atomic mass is 9.98. The van der Waals surface area contributed by atoms with Gasteiger partial charge < -0.3 is 20.9 Å². The fourth-order valence-corrected chi connectivity index (χ4v) is 4.42. The minimum absolute atomic E-state index is 0.0686. The Morgan fingerprint density at radius 3 is 2.90 bits per heavy atom. The van der Waals surface area contributed by atoms with Gasteiger partial charge in [0.25, 0.3) is 0 Å². The number of aromatic amines is 1. The molecule has 1 saturated heterocycles. The summed E-state index contributed by atoms with van der Waals surface area (Å²) in [5, 5.41) is 5.15. The Morgan fingerprint density at radius 1 is 1.23 bits per heavy atom. The van der Waals surface area contributed by atoms with Crippen LogP contribution in [0.15, 0.2) is 37.1 Å². The number of rotatable bonds is 4. The molecule has 30 heavy (non-hydrogen) atoms. The SMILES string of the molecule is CC(Nc1ncnc2nc[nH]c12)c1cc(Cl)c2cccnc2c1N1CCC(N)CC1. The summed E-state index contributed by atoms with van der Waals surface area (Å²) in [7, 11) is 0. The lowest BCUT2D eigenvalue weighted by Crippen LogP contribution is -2.40. The second-order valence-corrected chi connectivity index (χ2v) is 8.12. The molecule has 1 atom stereocenters. The van der Waals surface area contributed by atoms with E-state index in [0.29, 0.717) is 16.5 Å². The van der Waals surface area contributed by atoms with E-state index in [2.05, 4.69) is 37.1 Å². The quantitative estimate of drug-likeness (QED) is 0.460. The number of aromatic nitrogens is 5. The van der Waals surface area contributed by atoms with E-state index in [1.54, 1.807) is 6.33 Å². The molecule has 4 aromatic rings. The van der Waals surface area contributed by atoms with Crippen molar-refractivity contribution < 1.29 is 0 Å². The van der Waals surface area contributed by atoms with Crippen molar-refractivity contribution in [2.75, 3.05) is 23.3 Å². The van der Waals surface area contributed by atoms with E-state index in [-0.39, 0.29) is 12.1 Å². The molecule has 4 heterocycles. The summed E-state index contributed by atoms with van der Waals surface area (Å²) >= 11 is 6.67. The minimum atomic E-state index is -0.0686. The molecule has 0 spiro atoms. The van der Waals surface area contributed by atoms with E-state index in [0.717, 1.165) is 53.6 Å². The Labute approximate surface area is 178 Å². The first kappa shape index (κ1) is 19.0. The number of pyridine rings is 1. The molecule has 1 unspecified atom stereocenters. The summed E-state index contributed by atoms with van der Waals surface area (Å²) in [6.07, 6.45) is 6.87. The van der Waals surface area contributed by atoms with Gasteiger partial charge in [-0.25, -0.2) is 15.0 Å². The summed E-state index contributed by atoms with van der Waals surface area (Å²) in [5.41, 5.74) is 10.7. The highest BCUT2D eigenvalue weighted by atomic mass is 35.5. The maximum atomic E-state index is 6.67. The second kappa shape index (κ2) is 7.70. The smallest absolute Gasteiger partial charge is 0.182 e. The molecule has 3 aromatic heterocycles. The van der Waals surface area contributed by atoms with Gasteiger partial charge >= 0.3 is 0 Å². The second-order valence-electron chi connectivity index (χ2n) is 7.71. The molecule has 1 fully saturated rings. The zero-order valence-electron chi connectivity index (χ0n) is 16.6. The third-order valence-corrected chi connectivity index (χ3v) is 6.06. The van der Waals surface area contributed by atoms with Gasteiger partial charge in [0.2, 0.25) is 0 Å². The number of nitrogens with one attached hydrogen (secondary N) is 2. The summed E-state index contributed by atoms with van der Waals surface area (Å²) in [6.45, 7) is 3.89. The normalized spacial score (nSPS) is 16.3. The van der Waals surface area contributed by atoms with Gasteiger partial charge in [-0.3, -0.25) is 4.98 Å². The number of benzene rings is 1. The molecule has 0 bridgehead atoms. The van der Waals surface area contributed by atoms with Crippen LogP contribution in [0, 0.1) is 0 Å². The Kier molecular flexibility index (Phi) is 4.88. The molecule has 1 aliphatic rings. The highest BCUT2D eigenvalue weighted by Gasteiger charge is 2.25. The fraction of sp³-hybridized carbons (Fsp3) is 0.333. The van der Waals surface area contributed by atoms with Gasteiger partial charge in [0.15, 0.2) is 11.5 Å². The maximum absolute atomic E-state index is 6.67. The van der Waals surface area contributed by atoms with Crippen molar-refractivity contribution in [3.8, 4) is 0 Å². The predicted octanol–water partition coefficient (Wildman–Crippen LogP) is 3.66. The van der Waals surface area contributed by atoms with Crippen LogP contribution in [0.2, 0.25) is 5.02 Å². The molecule has 0 aliphatic carbocycles. The molecule has 0 radical (unpaired) electrons. The van der Waals surface area contributed by atoms with E-state index < -0.39 is 0 Å². The first-order chi connectivity index (χ1) is 14.6. The van der Waals surface area contributed by atoms with Crippen LogP contribution >= 0.6 is 11.6 Å². The lowest BCUT2D eigenvalue weighted by molar-refractivity contribution is 0.500. The number of H-pyrrole nitrogens is 1. The molecular formula is C21H23ClN8. The van der Waals surface area contributed by atoms with Crippen molar-refractivity contribution in [1.82, 2.24) is 24.9 Å². The van der Waals surface area contributed by atoms with E-state index >= 15 is 0 Å². The average molecular weight is 423 g/mol. The van der Waals surface area contributed by atoms with Crippen LogP contribution in [-0.4, -0.2) is 44.1 Å². The Morgan fingerprint density at radius 2 is 2.07 bits per heavy atom. The molecule has 1 aromatic carbocycles. The van der Waals surface area contributed by atoms with Crippen molar-refractivity contribution in [3.05, 3.63) is 47.6 Å². The fourth-order valence-electron chi connectivity index (χ4n) is 4.15. The summed E-state index contributed by atoms with van der Waals surface area (Å²) in [4.78, 5) is 23.0. The molecule has 8 nitrogen and oxygen atoms in total. The highest BCUT2D eigenvalue weighted by Crippen LogP contribution is 2.39. The van der Waals surface area contributed by atoms with Crippen LogP contribution in [-0.2, 0) is 0 Å². The number of fused-ring (bicyclic) bond motifs is 2. The van der Waals surface area contributed by atoms with Gasteiger partial charge in [0, 0.05) is 36.3 Å². The van der Waals surface area contributed by atoms with Gasteiger partial charge in [-0.05, 0) is 38.0 Å². The topological polar surface area (TPSA) is 109 Å². The zero-order chi connectivity index (χ0) is 20.7. The number of anilines is 2. The largest absolute Gasteiger partial charge is 0.369 e. The summed E-state index contributed by atoms with van der Waals surface area (Å²) in [6, 6.07) is 6.16. The molecule has 9 heteroatoms. The number of imidazole rings is 1.